The quantitative estimate of drug-likeness (QED) is 0.881. The second-order valence-corrected chi connectivity index (χ2v) is 5.48. The molecule has 0 aliphatic carbocycles. The van der Waals surface area contributed by atoms with Gasteiger partial charge in [0.2, 0.25) is 0 Å². The lowest BCUT2D eigenvalue weighted by Gasteiger charge is -2.18. The number of carbonyl (C=O) groups excluding carboxylic acids is 1. The van der Waals surface area contributed by atoms with Gasteiger partial charge in [-0.15, -0.1) is 0 Å². The number of rotatable bonds is 6. The molecule has 1 amide bonds. The molecule has 0 radical (unpaired) electrons. The third-order valence-electron chi connectivity index (χ3n) is 3.66. The van der Waals surface area contributed by atoms with Crippen LogP contribution in [0.2, 0.25) is 0 Å². The summed E-state index contributed by atoms with van der Waals surface area (Å²) in [5.41, 5.74) is 1.67. The van der Waals surface area contributed by atoms with E-state index in [0.717, 1.165) is 11.3 Å². The van der Waals surface area contributed by atoms with Crippen molar-refractivity contribution in [3.05, 3.63) is 58.9 Å². The fourth-order valence-electron chi connectivity index (χ4n) is 2.21. The standard InChI is InChI=1S/C18H20N2O4/c1-12-6-4-5-7-16(12)24-11-10-20(3)17(21)15-9-8-14(18(22)23)13(2)19-15/h4-9H,10-11H2,1-3H3,(H,22,23). The lowest BCUT2D eigenvalue weighted by molar-refractivity contribution is 0.0692. The molecule has 6 heteroatoms. The predicted octanol–water partition coefficient (Wildman–Crippen LogP) is 2.55. The molecule has 0 aliphatic rings. The van der Waals surface area contributed by atoms with Gasteiger partial charge in [0, 0.05) is 7.05 Å². The van der Waals surface area contributed by atoms with Gasteiger partial charge in [0.1, 0.15) is 18.1 Å². The number of benzene rings is 1. The lowest BCUT2D eigenvalue weighted by Crippen LogP contribution is -2.31. The predicted molar refractivity (Wildman–Crippen MR) is 89.6 cm³/mol. The first-order chi connectivity index (χ1) is 11.4. The smallest absolute Gasteiger partial charge is 0.337 e. The van der Waals surface area contributed by atoms with E-state index in [0.29, 0.717) is 18.8 Å². The van der Waals surface area contributed by atoms with Crippen LogP contribution < -0.4 is 4.74 Å². The molecule has 1 heterocycles. The van der Waals surface area contributed by atoms with Gasteiger partial charge in [-0.3, -0.25) is 4.79 Å². The van der Waals surface area contributed by atoms with Crippen LogP contribution in [0.3, 0.4) is 0 Å². The monoisotopic (exact) mass is 328 g/mol. The minimum Gasteiger partial charge on any atom is -0.491 e. The van der Waals surface area contributed by atoms with E-state index in [1.165, 1.54) is 17.0 Å². The van der Waals surface area contributed by atoms with Crippen LogP contribution in [-0.4, -0.2) is 47.1 Å². The average Bonchev–Trinajstić information content (AvgIpc) is 2.55. The zero-order chi connectivity index (χ0) is 17.7. The number of carboxylic acids is 1. The summed E-state index contributed by atoms with van der Waals surface area (Å²) < 4.78 is 5.68. The number of para-hydroxylation sites is 1. The molecule has 2 rings (SSSR count). The van der Waals surface area contributed by atoms with E-state index >= 15 is 0 Å². The zero-order valence-corrected chi connectivity index (χ0v) is 13.9. The molecule has 0 fully saturated rings. The number of aromatic carboxylic acids is 1. The highest BCUT2D eigenvalue weighted by Crippen LogP contribution is 2.16. The maximum atomic E-state index is 12.3. The van der Waals surface area contributed by atoms with E-state index < -0.39 is 5.97 Å². The molecule has 0 bridgehead atoms. The molecule has 6 nitrogen and oxygen atoms in total. The van der Waals surface area contributed by atoms with Crippen molar-refractivity contribution in [1.29, 1.82) is 0 Å². The van der Waals surface area contributed by atoms with Crippen LogP contribution in [0.25, 0.3) is 0 Å². The Hall–Kier alpha value is -2.89. The normalized spacial score (nSPS) is 10.3. The summed E-state index contributed by atoms with van der Waals surface area (Å²) in [4.78, 5) is 28.9. The Morgan fingerprint density at radius 3 is 2.50 bits per heavy atom. The highest BCUT2D eigenvalue weighted by atomic mass is 16.5. The number of nitrogens with zero attached hydrogens (tertiary/aromatic N) is 2. The molecule has 24 heavy (non-hydrogen) atoms. The van der Waals surface area contributed by atoms with Crippen molar-refractivity contribution >= 4 is 11.9 Å². The fraction of sp³-hybridized carbons (Fsp3) is 0.278. The van der Waals surface area contributed by atoms with Crippen LogP contribution in [0.4, 0.5) is 0 Å². The summed E-state index contributed by atoms with van der Waals surface area (Å²) in [5.74, 6) is -0.541. The molecule has 0 spiro atoms. The number of hydrogen-bond donors (Lipinski definition) is 1. The number of likely N-dealkylation sites (N-methyl/N-ethyl adjacent to an activating group) is 1. The molecule has 0 atom stereocenters. The summed E-state index contributed by atoms with van der Waals surface area (Å²) in [7, 11) is 1.66. The van der Waals surface area contributed by atoms with E-state index in [1.807, 2.05) is 31.2 Å². The largest absolute Gasteiger partial charge is 0.491 e. The van der Waals surface area contributed by atoms with Gasteiger partial charge in [0.05, 0.1) is 17.8 Å². The van der Waals surface area contributed by atoms with Crippen LogP contribution in [0, 0.1) is 13.8 Å². The van der Waals surface area contributed by atoms with Gasteiger partial charge in [-0.05, 0) is 37.6 Å². The number of carbonyl (C=O) groups is 2. The Bertz CT molecular complexity index is 758. The van der Waals surface area contributed by atoms with Crippen LogP contribution in [0.1, 0.15) is 32.1 Å². The molecule has 2 aromatic rings. The van der Waals surface area contributed by atoms with Gasteiger partial charge in [-0.25, -0.2) is 9.78 Å². The van der Waals surface area contributed by atoms with Crippen molar-refractivity contribution in [2.24, 2.45) is 0 Å². The van der Waals surface area contributed by atoms with E-state index in [2.05, 4.69) is 4.98 Å². The van der Waals surface area contributed by atoms with Gasteiger partial charge >= 0.3 is 5.97 Å². The summed E-state index contributed by atoms with van der Waals surface area (Å²) in [6.45, 7) is 4.29. The molecule has 1 N–H and O–H groups in total. The Morgan fingerprint density at radius 2 is 1.88 bits per heavy atom. The number of amides is 1. The maximum Gasteiger partial charge on any atom is 0.337 e. The second-order valence-electron chi connectivity index (χ2n) is 5.48. The summed E-state index contributed by atoms with van der Waals surface area (Å²) in [6, 6.07) is 10.5. The third-order valence-corrected chi connectivity index (χ3v) is 3.66. The number of aromatic nitrogens is 1. The molecule has 1 aromatic heterocycles. The first-order valence-corrected chi connectivity index (χ1v) is 7.55. The number of carboxylic acid groups (broad SMARTS) is 1. The van der Waals surface area contributed by atoms with E-state index in [1.54, 1.807) is 14.0 Å². The molecule has 1 aromatic carbocycles. The minimum absolute atomic E-state index is 0.0945. The Morgan fingerprint density at radius 1 is 1.17 bits per heavy atom. The number of ether oxygens (including phenoxy) is 1. The fourth-order valence-corrected chi connectivity index (χ4v) is 2.21. The Labute approximate surface area is 140 Å². The summed E-state index contributed by atoms with van der Waals surface area (Å²) in [6.07, 6.45) is 0. The molecule has 0 unspecified atom stereocenters. The molecule has 0 aliphatic heterocycles. The average molecular weight is 328 g/mol. The summed E-state index contributed by atoms with van der Waals surface area (Å²) >= 11 is 0. The van der Waals surface area contributed by atoms with Crippen LogP contribution >= 0.6 is 0 Å². The topological polar surface area (TPSA) is 79.7 Å². The lowest BCUT2D eigenvalue weighted by atomic mass is 10.2. The van der Waals surface area contributed by atoms with Crippen molar-refractivity contribution in [2.45, 2.75) is 13.8 Å². The van der Waals surface area contributed by atoms with Gasteiger partial charge in [-0.2, -0.15) is 0 Å². The summed E-state index contributed by atoms with van der Waals surface area (Å²) in [5, 5.41) is 9.00. The molecular weight excluding hydrogens is 308 g/mol. The van der Waals surface area contributed by atoms with E-state index in [-0.39, 0.29) is 17.2 Å². The highest BCUT2D eigenvalue weighted by Gasteiger charge is 2.16. The van der Waals surface area contributed by atoms with E-state index in [9.17, 15) is 9.59 Å². The van der Waals surface area contributed by atoms with E-state index in [4.69, 9.17) is 9.84 Å². The van der Waals surface area contributed by atoms with Gasteiger partial charge in [-0.1, -0.05) is 18.2 Å². The first kappa shape index (κ1) is 17.5. The van der Waals surface area contributed by atoms with Gasteiger partial charge in [0.15, 0.2) is 0 Å². The van der Waals surface area contributed by atoms with Gasteiger partial charge in [0.25, 0.3) is 5.91 Å². The molecule has 0 saturated carbocycles. The maximum absolute atomic E-state index is 12.3. The Balaban J connectivity index is 1.96. The van der Waals surface area contributed by atoms with Gasteiger partial charge < -0.3 is 14.7 Å². The van der Waals surface area contributed by atoms with Crippen molar-refractivity contribution in [2.75, 3.05) is 20.2 Å². The minimum atomic E-state index is -1.06. The van der Waals surface area contributed by atoms with Crippen LogP contribution in [-0.2, 0) is 0 Å². The van der Waals surface area contributed by atoms with Crippen LogP contribution in [0.15, 0.2) is 36.4 Å². The highest BCUT2D eigenvalue weighted by molar-refractivity contribution is 5.94. The van der Waals surface area contributed by atoms with Crippen molar-refractivity contribution < 1.29 is 19.4 Å². The number of hydrogen-bond acceptors (Lipinski definition) is 4. The van der Waals surface area contributed by atoms with Crippen molar-refractivity contribution in [3.63, 3.8) is 0 Å². The Kier molecular flexibility index (Phi) is 5.52. The number of pyridine rings is 1. The van der Waals surface area contributed by atoms with Crippen LogP contribution in [0.5, 0.6) is 5.75 Å². The molecule has 0 saturated heterocycles. The molecule has 126 valence electrons. The van der Waals surface area contributed by atoms with Crippen molar-refractivity contribution in [1.82, 2.24) is 9.88 Å². The second kappa shape index (κ2) is 7.59. The SMILES string of the molecule is Cc1ccccc1OCCN(C)C(=O)c1ccc(C(=O)O)c(C)n1. The zero-order valence-electron chi connectivity index (χ0n) is 13.9. The number of aryl methyl sites for hydroxylation is 2. The van der Waals surface area contributed by atoms with Crippen molar-refractivity contribution in [3.8, 4) is 5.75 Å². The third kappa shape index (κ3) is 4.10. The first-order valence-electron chi connectivity index (χ1n) is 7.55. The molecular formula is C18H20N2O4.